The zero-order chi connectivity index (χ0) is 13.1. The van der Waals surface area contributed by atoms with E-state index in [0.717, 1.165) is 29.1 Å². The van der Waals surface area contributed by atoms with Crippen LogP contribution in [0.2, 0.25) is 0 Å². The predicted molar refractivity (Wildman–Crippen MR) is 73.0 cm³/mol. The molecular weight excluding hydrogens is 250 g/mol. The largest absolute Gasteiger partial charge is 0.383 e. The summed E-state index contributed by atoms with van der Waals surface area (Å²) in [7, 11) is 1.71. The molecule has 2 aromatic heterocycles. The molecule has 0 aliphatic heterocycles. The number of pyridine rings is 1. The molecule has 1 unspecified atom stereocenters. The molecule has 0 N–H and O–H groups in total. The van der Waals surface area contributed by atoms with Crippen molar-refractivity contribution in [3.8, 4) is 0 Å². The molecule has 0 fully saturated rings. The van der Waals surface area contributed by atoms with Crippen molar-refractivity contribution in [2.24, 2.45) is 0 Å². The Morgan fingerprint density at radius 2 is 2.17 bits per heavy atom. The van der Waals surface area contributed by atoms with Crippen molar-refractivity contribution in [1.82, 2.24) is 14.5 Å². The highest BCUT2D eigenvalue weighted by Gasteiger charge is 2.18. The number of hydrogen-bond acceptors (Lipinski definition) is 3. The van der Waals surface area contributed by atoms with E-state index < -0.39 is 0 Å². The lowest BCUT2D eigenvalue weighted by atomic mass is 10.2. The molecule has 0 radical (unpaired) electrons. The van der Waals surface area contributed by atoms with Crippen LogP contribution in [0, 0.1) is 6.92 Å². The fourth-order valence-corrected chi connectivity index (χ4v) is 2.35. The number of hydrogen-bond donors (Lipinski definition) is 0. The van der Waals surface area contributed by atoms with Gasteiger partial charge in [-0.2, -0.15) is 0 Å². The van der Waals surface area contributed by atoms with Gasteiger partial charge in [0.25, 0.3) is 0 Å². The number of methoxy groups -OCH3 is 1. The van der Waals surface area contributed by atoms with E-state index in [1.54, 1.807) is 7.11 Å². The van der Waals surface area contributed by atoms with Gasteiger partial charge in [-0.1, -0.05) is 6.92 Å². The molecule has 18 heavy (non-hydrogen) atoms. The molecule has 0 bridgehead atoms. The van der Waals surface area contributed by atoms with Crippen molar-refractivity contribution in [1.29, 1.82) is 0 Å². The summed E-state index contributed by atoms with van der Waals surface area (Å²) >= 11 is 5.99. The summed E-state index contributed by atoms with van der Waals surface area (Å²) in [6.45, 7) is 4.75. The molecule has 4 nitrogen and oxygen atoms in total. The van der Waals surface area contributed by atoms with E-state index in [1.807, 2.05) is 19.1 Å². The number of aryl methyl sites for hydroxylation is 1. The van der Waals surface area contributed by atoms with E-state index in [9.17, 15) is 0 Å². The van der Waals surface area contributed by atoms with Crippen LogP contribution in [0.15, 0.2) is 12.1 Å². The minimum atomic E-state index is 0.225. The number of alkyl halides is 1. The Morgan fingerprint density at radius 3 is 2.78 bits per heavy atom. The third-order valence-corrected chi connectivity index (χ3v) is 3.30. The lowest BCUT2D eigenvalue weighted by molar-refractivity contribution is 0.153. The van der Waals surface area contributed by atoms with E-state index >= 15 is 0 Å². The number of fused-ring (bicyclic) bond motifs is 1. The second-order valence-electron chi connectivity index (χ2n) is 4.34. The number of imidazole rings is 1. The summed E-state index contributed by atoms with van der Waals surface area (Å²) in [5.74, 6) is 1.24. The fourth-order valence-electron chi connectivity index (χ4n) is 2.16. The quantitative estimate of drug-likeness (QED) is 0.782. The van der Waals surface area contributed by atoms with Crippen LogP contribution in [0.3, 0.4) is 0 Å². The summed E-state index contributed by atoms with van der Waals surface area (Å²) < 4.78 is 7.39. The van der Waals surface area contributed by atoms with E-state index in [0.29, 0.717) is 12.5 Å². The Hall–Kier alpha value is -1.13. The van der Waals surface area contributed by atoms with Gasteiger partial charge in [-0.15, -0.1) is 11.6 Å². The van der Waals surface area contributed by atoms with Crippen molar-refractivity contribution < 1.29 is 4.74 Å². The highest BCUT2D eigenvalue weighted by Crippen LogP contribution is 2.23. The minimum Gasteiger partial charge on any atom is -0.383 e. The average Bonchev–Trinajstić information content (AvgIpc) is 2.73. The molecule has 5 heteroatoms. The van der Waals surface area contributed by atoms with Gasteiger partial charge in [0.2, 0.25) is 0 Å². The third kappa shape index (κ3) is 2.35. The highest BCUT2D eigenvalue weighted by molar-refractivity contribution is 6.16. The molecule has 0 saturated carbocycles. The Balaban J connectivity index is 2.60. The molecule has 0 amide bonds. The monoisotopic (exact) mass is 267 g/mol. The van der Waals surface area contributed by atoms with Gasteiger partial charge in [0.15, 0.2) is 5.65 Å². The zero-order valence-electron chi connectivity index (χ0n) is 11.0. The standard InChI is InChI=1S/C13H18ClN3O/c1-4-10(8-18-3)17-12(7-14)16-11-6-5-9(2)15-13(11)17/h5-6,10H,4,7-8H2,1-3H3. The second-order valence-corrected chi connectivity index (χ2v) is 4.61. The average molecular weight is 268 g/mol. The molecule has 1 atom stereocenters. The molecule has 98 valence electrons. The van der Waals surface area contributed by atoms with Crippen molar-refractivity contribution in [2.75, 3.05) is 13.7 Å². The van der Waals surface area contributed by atoms with Crippen LogP contribution >= 0.6 is 11.6 Å². The van der Waals surface area contributed by atoms with Gasteiger partial charge in [-0.3, -0.25) is 0 Å². The first-order valence-corrected chi connectivity index (χ1v) is 6.64. The first-order valence-electron chi connectivity index (χ1n) is 6.10. The number of aromatic nitrogens is 3. The first kappa shape index (κ1) is 13.3. The zero-order valence-corrected chi connectivity index (χ0v) is 11.7. The second kappa shape index (κ2) is 5.67. The Bertz CT molecular complexity index is 538. The topological polar surface area (TPSA) is 39.9 Å². The van der Waals surface area contributed by atoms with Crippen molar-refractivity contribution in [3.63, 3.8) is 0 Å². The number of rotatable bonds is 5. The van der Waals surface area contributed by atoms with E-state index in [2.05, 4.69) is 21.5 Å². The maximum Gasteiger partial charge on any atom is 0.160 e. The molecule has 2 heterocycles. The number of nitrogens with zero attached hydrogens (tertiary/aromatic N) is 3. The SMILES string of the molecule is CCC(COC)n1c(CCl)nc2ccc(C)nc21. The smallest absolute Gasteiger partial charge is 0.160 e. The van der Waals surface area contributed by atoms with Crippen LogP contribution in [0.1, 0.15) is 30.9 Å². The minimum absolute atomic E-state index is 0.225. The summed E-state index contributed by atoms with van der Waals surface area (Å²) in [6.07, 6.45) is 0.957. The lowest BCUT2D eigenvalue weighted by Crippen LogP contribution is -2.16. The normalized spacial score (nSPS) is 13.1. The van der Waals surface area contributed by atoms with Crippen molar-refractivity contribution in [2.45, 2.75) is 32.2 Å². The van der Waals surface area contributed by atoms with Crippen LogP contribution in [0.4, 0.5) is 0 Å². The van der Waals surface area contributed by atoms with Crippen LogP contribution in [-0.2, 0) is 10.6 Å². The summed E-state index contributed by atoms with van der Waals surface area (Å²) in [5.41, 5.74) is 2.78. The maximum atomic E-state index is 5.99. The third-order valence-electron chi connectivity index (χ3n) is 3.06. The van der Waals surface area contributed by atoms with Gasteiger partial charge in [-0.25, -0.2) is 9.97 Å². The molecule has 0 aromatic carbocycles. The highest BCUT2D eigenvalue weighted by atomic mass is 35.5. The van der Waals surface area contributed by atoms with E-state index in [1.165, 1.54) is 0 Å². The van der Waals surface area contributed by atoms with Crippen molar-refractivity contribution >= 4 is 22.8 Å². The Morgan fingerprint density at radius 1 is 1.39 bits per heavy atom. The molecule has 0 saturated heterocycles. The number of halogens is 1. The summed E-state index contributed by atoms with van der Waals surface area (Å²) in [5, 5.41) is 0. The van der Waals surface area contributed by atoms with Gasteiger partial charge in [0.1, 0.15) is 11.3 Å². The van der Waals surface area contributed by atoms with Gasteiger partial charge in [0.05, 0.1) is 18.5 Å². The summed E-state index contributed by atoms with van der Waals surface area (Å²) in [6, 6.07) is 4.18. The maximum absolute atomic E-state index is 5.99. The van der Waals surface area contributed by atoms with Gasteiger partial charge in [0, 0.05) is 12.8 Å². The van der Waals surface area contributed by atoms with Gasteiger partial charge in [-0.05, 0) is 25.5 Å². The predicted octanol–water partition coefficient (Wildman–Crippen LogP) is 3.08. The van der Waals surface area contributed by atoms with Crippen LogP contribution in [0.5, 0.6) is 0 Å². The molecule has 0 aliphatic carbocycles. The van der Waals surface area contributed by atoms with E-state index in [4.69, 9.17) is 16.3 Å². The molecule has 0 aliphatic rings. The fraction of sp³-hybridized carbons (Fsp3) is 0.538. The number of ether oxygens (including phenoxy) is 1. The lowest BCUT2D eigenvalue weighted by Gasteiger charge is -2.18. The first-order chi connectivity index (χ1) is 8.71. The van der Waals surface area contributed by atoms with Crippen molar-refractivity contribution in [3.05, 3.63) is 23.7 Å². The molecule has 0 spiro atoms. The van der Waals surface area contributed by atoms with E-state index in [-0.39, 0.29) is 6.04 Å². The Labute approximate surface area is 112 Å². The van der Waals surface area contributed by atoms with Crippen LogP contribution < -0.4 is 0 Å². The van der Waals surface area contributed by atoms with Crippen LogP contribution in [0.25, 0.3) is 11.2 Å². The summed E-state index contributed by atoms with van der Waals surface area (Å²) in [4.78, 5) is 9.12. The van der Waals surface area contributed by atoms with Crippen LogP contribution in [-0.4, -0.2) is 28.3 Å². The molecule has 2 aromatic rings. The van der Waals surface area contributed by atoms with Gasteiger partial charge < -0.3 is 9.30 Å². The molecule has 2 rings (SSSR count). The van der Waals surface area contributed by atoms with Gasteiger partial charge >= 0.3 is 0 Å². The molecular formula is C13H18ClN3O. The Kier molecular flexibility index (Phi) is 4.19.